The molecule has 0 aromatic carbocycles. The van der Waals surface area contributed by atoms with E-state index >= 15 is 0 Å². The fraction of sp³-hybridized carbons (Fsp3) is 0.875. The van der Waals surface area contributed by atoms with E-state index < -0.39 is 0 Å². The van der Waals surface area contributed by atoms with E-state index in [1.54, 1.807) is 11.8 Å². The van der Waals surface area contributed by atoms with E-state index in [1.807, 2.05) is 0 Å². The molecule has 0 amide bonds. The van der Waals surface area contributed by atoms with E-state index in [0.29, 0.717) is 6.04 Å². The monoisotopic (exact) mass is 189 g/mol. The van der Waals surface area contributed by atoms with Gasteiger partial charge in [0, 0.05) is 17.3 Å². The lowest BCUT2D eigenvalue weighted by Crippen LogP contribution is -2.45. The number of rotatable bonds is 1. The zero-order valence-corrected chi connectivity index (χ0v) is 9.18. The second-order valence-corrected chi connectivity index (χ2v) is 5.44. The van der Waals surface area contributed by atoms with Crippen molar-refractivity contribution in [2.24, 2.45) is 0 Å². The summed E-state index contributed by atoms with van der Waals surface area (Å²) in [6.45, 7) is 8.89. The molecule has 0 atom stereocenters. The van der Waals surface area contributed by atoms with Crippen molar-refractivity contribution in [2.45, 2.75) is 39.3 Å². The van der Waals surface area contributed by atoms with Crippen LogP contribution in [0.25, 0.3) is 0 Å². The molecule has 0 N–H and O–H groups in total. The molecule has 1 saturated heterocycles. The molecular formula is C8H15NS2. The smallest absolute Gasteiger partial charge is 0.137 e. The summed E-state index contributed by atoms with van der Waals surface area (Å²) >= 11 is 7.05. The van der Waals surface area contributed by atoms with Crippen molar-refractivity contribution in [3.05, 3.63) is 0 Å². The summed E-state index contributed by atoms with van der Waals surface area (Å²) < 4.78 is 1.06. The van der Waals surface area contributed by atoms with Crippen LogP contribution in [0.5, 0.6) is 0 Å². The molecule has 0 aromatic rings. The number of thioether (sulfide) groups is 1. The van der Waals surface area contributed by atoms with Crippen molar-refractivity contribution in [1.29, 1.82) is 0 Å². The average molecular weight is 189 g/mol. The highest BCUT2D eigenvalue weighted by Gasteiger charge is 2.37. The molecule has 64 valence electrons. The van der Waals surface area contributed by atoms with Crippen molar-refractivity contribution >= 4 is 28.3 Å². The topological polar surface area (TPSA) is 3.24 Å². The van der Waals surface area contributed by atoms with Gasteiger partial charge < -0.3 is 4.90 Å². The van der Waals surface area contributed by atoms with Gasteiger partial charge in [-0.3, -0.25) is 0 Å². The lowest BCUT2D eigenvalue weighted by Gasteiger charge is -2.35. The number of thiocarbonyl (C=S) groups is 1. The van der Waals surface area contributed by atoms with Gasteiger partial charge in [0.2, 0.25) is 0 Å². The van der Waals surface area contributed by atoms with Crippen LogP contribution in [0.2, 0.25) is 0 Å². The molecule has 0 radical (unpaired) electrons. The molecule has 1 heterocycles. The Kier molecular flexibility index (Phi) is 2.49. The quantitative estimate of drug-likeness (QED) is 0.584. The van der Waals surface area contributed by atoms with Crippen LogP contribution >= 0.6 is 24.0 Å². The summed E-state index contributed by atoms with van der Waals surface area (Å²) in [4.78, 5) is 2.33. The average Bonchev–Trinajstić information content (AvgIpc) is 2.06. The minimum Gasteiger partial charge on any atom is -0.349 e. The van der Waals surface area contributed by atoms with Gasteiger partial charge in [-0.25, -0.2) is 0 Å². The fourth-order valence-electron chi connectivity index (χ4n) is 1.53. The third kappa shape index (κ3) is 1.70. The zero-order valence-electron chi connectivity index (χ0n) is 7.55. The van der Waals surface area contributed by atoms with Crippen molar-refractivity contribution in [2.75, 3.05) is 5.75 Å². The molecule has 3 heteroatoms. The highest BCUT2D eigenvalue weighted by atomic mass is 32.2. The Morgan fingerprint density at radius 3 is 2.27 bits per heavy atom. The van der Waals surface area contributed by atoms with Gasteiger partial charge in [-0.15, -0.1) is 0 Å². The Bertz CT molecular complexity index is 175. The summed E-state index contributed by atoms with van der Waals surface area (Å²) in [5.74, 6) is 1.13. The number of nitrogens with zero attached hydrogens (tertiary/aromatic N) is 1. The SMILES string of the molecule is CC(C)N1C(=S)SCC1(C)C. The van der Waals surface area contributed by atoms with Crippen LogP contribution in [0, 0.1) is 0 Å². The van der Waals surface area contributed by atoms with E-state index in [0.717, 1.165) is 10.1 Å². The fourth-order valence-corrected chi connectivity index (χ4v) is 3.38. The van der Waals surface area contributed by atoms with Crippen LogP contribution < -0.4 is 0 Å². The van der Waals surface area contributed by atoms with E-state index in [9.17, 15) is 0 Å². The summed E-state index contributed by atoms with van der Waals surface area (Å²) in [5.41, 5.74) is 0.260. The Balaban J connectivity index is 2.80. The summed E-state index contributed by atoms with van der Waals surface area (Å²) in [6, 6.07) is 0.535. The van der Waals surface area contributed by atoms with Crippen molar-refractivity contribution < 1.29 is 0 Å². The molecular weight excluding hydrogens is 174 g/mol. The predicted octanol–water partition coefficient (Wildman–Crippen LogP) is 2.51. The standard InChI is InChI=1S/C8H15NS2/c1-6(2)9-7(10)11-5-8(9,3)4/h6H,5H2,1-4H3. The van der Waals surface area contributed by atoms with Gasteiger partial charge in [-0.05, 0) is 27.7 Å². The van der Waals surface area contributed by atoms with Gasteiger partial charge in [-0.2, -0.15) is 0 Å². The lowest BCUT2D eigenvalue weighted by molar-refractivity contribution is 0.217. The number of hydrogen-bond donors (Lipinski definition) is 0. The zero-order chi connectivity index (χ0) is 8.65. The van der Waals surface area contributed by atoms with Gasteiger partial charge in [0.15, 0.2) is 0 Å². The van der Waals surface area contributed by atoms with Crippen molar-refractivity contribution in [3.63, 3.8) is 0 Å². The van der Waals surface area contributed by atoms with Crippen LogP contribution in [0.4, 0.5) is 0 Å². The second kappa shape index (κ2) is 2.94. The van der Waals surface area contributed by atoms with Gasteiger partial charge in [0.05, 0.1) is 0 Å². The van der Waals surface area contributed by atoms with Crippen LogP contribution in [-0.4, -0.2) is 26.6 Å². The highest BCUT2D eigenvalue weighted by Crippen LogP contribution is 2.34. The summed E-state index contributed by atoms with van der Waals surface area (Å²) in [5, 5.41) is 0. The molecule has 0 spiro atoms. The Labute approximate surface area is 78.5 Å². The van der Waals surface area contributed by atoms with Crippen LogP contribution in [0.3, 0.4) is 0 Å². The molecule has 11 heavy (non-hydrogen) atoms. The van der Waals surface area contributed by atoms with E-state index in [-0.39, 0.29) is 5.54 Å². The molecule has 0 aliphatic carbocycles. The molecule has 0 unspecified atom stereocenters. The van der Waals surface area contributed by atoms with Gasteiger partial charge in [0.25, 0.3) is 0 Å². The maximum atomic E-state index is 5.25. The maximum Gasteiger partial charge on any atom is 0.137 e. The van der Waals surface area contributed by atoms with Gasteiger partial charge in [0.1, 0.15) is 4.32 Å². The van der Waals surface area contributed by atoms with E-state index in [2.05, 4.69) is 32.6 Å². The molecule has 1 rings (SSSR count). The van der Waals surface area contributed by atoms with Crippen molar-refractivity contribution in [3.8, 4) is 0 Å². The van der Waals surface area contributed by atoms with E-state index in [1.165, 1.54) is 0 Å². The Hall–Kier alpha value is 0.240. The molecule has 0 aromatic heterocycles. The number of hydrogen-bond acceptors (Lipinski definition) is 2. The molecule has 0 bridgehead atoms. The van der Waals surface area contributed by atoms with Crippen LogP contribution in [0.1, 0.15) is 27.7 Å². The first-order valence-corrected chi connectivity index (χ1v) is 5.30. The first kappa shape index (κ1) is 9.33. The third-order valence-electron chi connectivity index (χ3n) is 1.91. The largest absolute Gasteiger partial charge is 0.349 e. The minimum absolute atomic E-state index is 0.260. The molecule has 1 nitrogen and oxygen atoms in total. The Morgan fingerprint density at radius 2 is 2.09 bits per heavy atom. The first-order chi connectivity index (χ1) is 4.95. The van der Waals surface area contributed by atoms with E-state index in [4.69, 9.17) is 12.2 Å². The highest BCUT2D eigenvalue weighted by molar-refractivity contribution is 8.23. The normalized spacial score (nSPS) is 23.4. The molecule has 1 aliphatic rings. The molecule has 1 aliphatic heterocycles. The summed E-state index contributed by atoms with van der Waals surface area (Å²) in [7, 11) is 0. The maximum absolute atomic E-state index is 5.25. The van der Waals surface area contributed by atoms with Crippen LogP contribution in [0.15, 0.2) is 0 Å². The van der Waals surface area contributed by atoms with Gasteiger partial charge in [-0.1, -0.05) is 24.0 Å². The van der Waals surface area contributed by atoms with Crippen molar-refractivity contribution in [1.82, 2.24) is 4.90 Å². The minimum atomic E-state index is 0.260. The van der Waals surface area contributed by atoms with Gasteiger partial charge >= 0.3 is 0 Å². The third-order valence-corrected chi connectivity index (χ3v) is 3.76. The molecule has 1 fully saturated rings. The van der Waals surface area contributed by atoms with Crippen LogP contribution in [-0.2, 0) is 0 Å². The molecule has 0 saturated carbocycles. The summed E-state index contributed by atoms with van der Waals surface area (Å²) in [6.07, 6.45) is 0. The predicted molar refractivity (Wildman–Crippen MR) is 56.1 cm³/mol. The first-order valence-electron chi connectivity index (χ1n) is 3.91. The second-order valence-electron chi connectivity index (χ2n) is 3.83. The lowest BCUT2D eigenvalue weighted by atomic mass is 10.1. The Morgan fingerprint density at radius 1 is 1.55 bits per heavy atom.